The number of carbonyl (C=O) groups is 3. The molecular weight excluding hydrogens is 369 g/mol. The van der Waals surface area contributed by atoms with Crippen LogP contribution in [0.25, 0.3) is 0 Å². The Morgan fingerprint density at radius 2 is 2.04 bits per heavy atom. The van der Waals surface area contributed by atoms with E-state index < -0.39 is 30.3 Å². The molecule has 1 aromatic rings. The minimum absolute atomic E-state index is 0.0375. The molecule has 0 aromatic heterocycles. The van der Waals surface area contributed by atoms with Gasteiger partial charge in [-0.2, -0.15) is 0 Å². The molecule has 0 radical (unpaired) electrons. The summed E-state index contributed by atoms with van der Waals surface area (Å²) in [5.74, 6) is -1.96. The quantitative estimate of drug-likeness (QED) is 0.808. The number of hydrogen-bond donors (Lipinski definition) is 1. The molecule has 25 heavy (non-hydrogen) atoms. The first kappa shape index (κ1) is 16.7. The Hall–Kier alpha value is -1.79. The van der Waals surface area contributed by atoms with Crippen molar-refractivity contribution in [3.63, 3.8) is 0 Å². The van der Waals surface area contributed by atoms with E-state index in [1.807, 2.05) is 0 Å². The monoisotopic (exact) mass is 383 g/mol. The van der Waals surface area contributed by atoms with E-state index in [0.717, 1.165) is 6.42 Å². The van der Waals surface area contributed by atoms with Crippen molar-refractivity contribution in [1.82, 2.24) is 0 Å². The maximum Gasteiger partial charge on any atom is 0.310 e. The molecule has 1 amide bonds. The predicted octanol–water partition coefficient (Wildman–Crippen LogP) is 2.67. The Morgan fingerprint density at radius 3 is 2.80 bits per heavy atom. The van der Waals surface area contributed by atoms with Crippen LogP contribution in [0, 0.1) is 23.7 Å². The largest absolute Gasteiger partial charge is 0.462 e. The molecule has 2 aliphatic carbocycles. The van der Waals surface area contributed by atoms with Crippen molar-refractivity contribution in [2.24, 2.45) is 23.7 Å². The number of halogens is 2. The summed E-state index contributed by atoms with van der Waals surface area (Å²) in [7, 11) is 0. The van der Waals surface area contributed by atoms with Crippen molar-refractivity contribution in [3.8, 4) is 0 Å². The zero-order chi connectivity index (χ0) is 17.7. The van der Waals surface area contributed by atoms with Crippen LogP contribution in [0.4, 0.5) is 5.69 Å². The van der Waals surface area contributed by atoms with E-state index in [9.17, 15) is 14.4 Å². The number of rotatable bonds is 4. The average Bonchev–Trinajstić information content (AvgIpc) is 3.18. The fourth-order valence-corrected chi connectivity index (χ4v) is 4.63. The Balaban J connectivity index is 1.34. The second-order valence-corrected chi connectivity index (χ2v) is 7.52. The molecule has 0 spiro atoms. The number of amides is 1. The van der Waals surface area contributed by atoms with E-state index in [2.05, 4.69) is 5.32 Å². The van der Waals surface area contributed by atoms with Gasteiger partial charge in [-0.1, -0.05) is 23.2 Å². The Kier molecular flexibility index (Phi) is 4.12. The standard InChI is InChI=1S/C17H15Cl2NO5/c18-10-2-1-8(5-11(10)19)20-13(21)6-24-16(22)14-7-3-9-12(4-7)25-17(23)15(9)14/h1-2,5,7,9,12,14-15H,3-4,6H2,(H,20,21). The molecule has 5 atom stereocenters. The molecule has 1 heterocycles. The molecule has 6 nitrogen and oxygen atoms in total. The molecule has 1 aromatic carbocycles. The SMILES string of the molecule is O=C(COC(=O)C1C2CC3OC(=O)C1C3C2)Nc1ccc(Cl)c(Cl)c1. The van der Waals surface area contributed by atoms with Crippen molar-refractivity contribution in [3.05, 3.63) is 28.2 Å². The van der Waals surface area contributed by atoms with Crippen LogP contribution in [0.15, 0.2) is 18.2 Å². The zero-order valence-corrected chi connectivity index (χ0v) is 14.5. The van der Waals surface area contributed by atoms with Gasteiger partial charge < -0.3 is 14.8 Å². The number of carbonyl (C=O) groups excluding carboxylic acids is 3. The van der Waals surface area contributed by atoms with Gasteiger partial charge in [-0.05, 0) is 37.0 Å². The average molecular weight is 384 g/mol. The summed E-state index contributed by atoms with van der Waals surface area (Å²) in [6.07, 6.45) is 1.49. The molecule has 4 rings (SSSR count). The third-order valence-corrected chi connectivity index (χ3v) is 6.04. The van der Waals surface area contributed by atoms with Gasteiger partial charge in [-0.25, -0.2) is 0 Å². The van der Waals surface area contributed by atoms with Gasteiger partial charge in [-0.3, -0.25) is 14.4 Å². The molecule has 132 valence electrons. The van der Waals surface area contributed by atoms with Crippen molar-refractivity contribution in [2.75, 3.05) is 11.9 Å². The van der Waals surface area contributed by atoms with Crippen molar-refractivity contribution >= 4 is 46.7 Å². The zero-order valence-electron chi connectivity index (χ0n) is 13.0. The summed E-state index contributed by atoms with van der Waals surface area (Å²) >= 11 is 11.7. The lowest BCUT2D eigenvalue weighted by Crippen LogP contribution is -2.34. The van der Waals surface area contributed by atoms with Crippen LogP contribution in [-0.4, -0.2) is 30.6 Å². The first-order valence-corrected chi connectivity index (χ1v) is 8.81. The van der Waals surface area contributed by atoms with Crippen LogP contribution < -0.4 is 5.32 Å². The molecule has 3 fully saturated rings. The maximum absolute atomic E-state index is 12.4. The molecule has 1 aliphatic heterocycles. The molecule has 2 bridgehead atoms. The number of fused-ring (bicyclic) bond motifs is 1. The summed E-state index contributed by atoms with van der Waals surface area (Å²) in [5.41, 5.74) is 0.456. The van der Waals surface area contributed by atoms with Gasteiger partial charge in [0.2, 0.25) is 0 Å². The number of benzene rings is 1. The highest BCUT2D eigenvalue weighted by Crippen LogP contribution is 2.57. The van der Waals surface area contributed by atoms with Crippen molar-refractivity contribution < 1.29 is 23.9 Å². The molecule has 1 N–H and O–H groups in total. The lowest BCUT2D eigenvalue weighted by atomic mass is 9.80. The fraction of sp³-hybridized carbons (Fsp3) is 0.471. The van der Waals surface area contributed by atoms with Gasteiger partial charge in [0.15, 0.2) is 6.61 Å². The Bertz CT molecular complexity index is 765. The first-order valence-electron chi connectivity index (χ1n) is 8.06. The van der Waals surface area contributed by atoms with Crippen LogP contribution in [0.5, 0.6) is 0 Å². The Morgan fingerprint density at radius 1 is 1.24 bits per heavy atom. The molecule has 3 aliphatic rings. The van der Waals surface area contributed by atoms with Crippen LogP contribution >= 0.6 is 23.2 Å². The van der Waals surface area contributed by atoms with Crippen LogP contribution in [-0.2, 0) is 23.9 Å². The predicted molar refractivity (Wildman–Crippen MR) is 89.1 cm³/mol. The van der Waals surface area contributed by atoms with E-state index in [1.165, 1.54) is 6.07 Å². The summed E-state index contributed by atoms with van der Waals surface area (Å²) in [6.45, 7) is -0.418. The van der Waals surface area contributed by atoms with Crippen LogP contribution in [0.2, 0.25) is 10.0 Å². The van der Waals surface area contributed by atoms with E-state index in [4.69, 9.17) is 32.7 Å². The van der Waals surface area contributed by atoms with Crippen molar-refractivity contribution in [2.45, 2.75) is 18.9 Å². The molecule has 8 heteroatoms. The highest BCUT2D eigenvalue weighted by atomic mass is 35.5. The minimum atomic E-state index is -0.501. The summed E-state index contributed by atoms with van der Waals surface area (Å²) in [5, 5.41) is 3.27. The second kappa shape index (κ2) is 6.18. The topological polar surface area (TPSA) is 81.7 Å². The summed E-state index contributed by atoms with van der Waals surface area (Å²) in [4.78, 5) is 36.2. The maximum atomic E-state index is 12.4. The van der Waals surface area contributed by atoms with Crippen molar-refractivity contribution in [1.29, 1.82) is 0 Å². The molecular formula is C17H15Cl2NO5. The summed E-state index contributed by atoms with van der Waals surface area (Å²) in [6, 6.07) is 4.66. The van der Waals surface area contributed by atoms with E-state index in [-0.39, 0.29) is 23.9 Å². The number of nitrogens with one attached hydrogen (secondary N) is 1. The van der Waals surface area contributed by atoms with Crippen LogP contribution in [0.1, 0.15) is 12.8 Å². The van der Waals surface area contributed by atoms with Gasteiger partial charge in [0.25, 0.3) is 5.91 Å². The highest BCUT2D eigenvalue weighted by Gasteiger charge is 2.64. The van der Waals surface area contributed by atoms with E-state index in [0.29, 0.717) is 22.2 Å². The van der Waals surface area contributed by atoms with E-state index >= 15 is 0 Å². The van der Waals surface area contributed by atoms with E-state index in [1.54, 1.807) is 12.1 Å². The first-order chi connectivity index (χ1) is 11.9. The minimum Gasteiger partial charge on any atom is -0.462 e. The number of ether oxygens (including phenoxy) is 2. The third-order valence-electron chi connectivity index (χ3n) is 5.30. The van der Waals surface area contributed by atoms with Gasteiger partial charge in [0.1, 0.15) is 6.10 Å². The lowest BCUT2D eigenvalue weighted by molar-refractivity contribution is -0.157. The van der Waals surface area contributed by atoms with Gasteiger partial charge >= 0.3 is 11.9 Å². The lowest BCUT2D eigenvalue weighted by Gasteiger charge is -2.22. The number of esters is 2. The number of anilines is 1. The van der Waals surface area contributed by atoms with Gasteiger partial charge in [0.05, 0.1) is 21.9 Å². The van der Waals surface area contributed by atoms with Gasteiger partial charge in [-0.15, -0.1) is 0 Å². The second-order valence-electron chi connectivity index (χ2n) is 6.71. The Labute approximate surface area is 153 Å². The summed E-state index contributed by atoms with van der Waals surface area (Å²) < 4.78 is 10.4. The number of hydrogen-bond acceptors (Lipinski definition) is 5. The van der Waals surface area contributed by atoms with Gasteiger partial charge in [0, 0.05) is 11.6 Å². The van der Waals surface area contributed by atoms with Crippen LogP contribution in [0.3, 0.4) is 0 Å². The highest BCUT2D eigenvalue weighted by molar-refractivity contribution is 6.42. The third kappa shape index (κ3) is 2.87. The fourth-order valence-electron chi connectivity index (χ4n) is 4.33. The molecule has 2 saturated carbocycles. The molecule has 5 unspecified atom stereocenters. The normalized spacial score (nSPS) is 31.8. The smallest absolute Gasteiger partial charge is 0.310 e. The molecule has 1 saturated heterocycles.